The average Bonchev–Trinajstić information content (AvgIpc) is 2.81. The number of nitrogens with zero attached hydrogens (tertiary/aromatic N) is 1. The number of likely N-dealkylation sites (tertiary alicyclic amines) is 1. The second kappa shape index (κ2) is 6.57. The van der Waals surface area contributed by atoms with Gasteiger partial charge in [0, 0.05) is 31.5 Å². The highest BCUT2D eigenvalue weighted by Gasteiger charge is 2.50. The molecule has 2 aliphatic rings. The van der Waals surface area contributed by atoms with Gasteiger partial charge >= 0.3 is 5.97 Å². The number of halogens is 1. The fourth-order valence-electron chi connectivity index (χ4n) is 3.46. The molecule has 1 aromatic carbocycles. The molecule has 0 bridgehead atoms. The van der Waals surface area contributed by atoms with Gasteiger partial charge in [-0.2, -0.15) is 0 Å². The number of nitrogens with one attached hydrogen (secondary N) is 1. The second-order valence-corrected chi connectivity index (χ2v) is 6.66. The highest BCUT2D eigenvalue weighted by molar-refractivity contribution is 6.34. The van der Waals surface area contributed by atoms with Gasteiger partial charge in [0.05, 0.1) is 16.3 Å². The van der Waals surface area contributed by atoms with Crippen LogP contribution in [0.25, 0.3) is 0 Å². The Morgan fingerprint density at radius 3 is 2.62 bits per heavy atom. The number of hydrogen-bond acceptors (Lipinski definition) is 4. The minimum Gasteiger partial charge on any atom is -0.450 e. The van der Waals surface area contributed by atoms with Crippen molar-refractivity contribution in [3.8, 4) is 0 Å². The van der Waals surface area contributed by atoms with Crippen LogP contribution >= 0.6 is 11.6 Å². The average molecular weight is 349 g/mol. The lowest BCUT2D eigenvalue weighted by atomic mass is 9.82. The smallest absolute Gasteiger partial charge is 0.335 e. The third-order valence-corrected chi connectivity index (χ3v) is 5.21. The van der Waals surface area contributed by atoms with Crippen LogP contribution in [0.3, 0.4) is 0 Å². The van der Waals surface area contributed by atoms with Crippen molar-refractivity contribution in [1.82, 2.24) is 4.90 Å². The summed E-state index contributed by atoms with van der Waals surface area (Å²) in [4.78, 5) is 27.3. The van der Waals surface area contributed by atoms with Gasteiger partial charge in [-0.15, -0.1) is 0 Å². The summed E-state index contributed by atoms with van der Waals surface area (Å²) in [5, 5.41) is 3.29. The van der Waals surface area contributed by atoms with Crippen molar-refractivity contribution in [3.05, 3.63) is 40.4 Å². The van der Waals surface area contributed by atoms with Crippen LogP contribution in [0.2, 0.25) is 5.02 Å². The van der Waals surface area contributed by atoms with Crippen LogP contribution in [0.15, 0.2) is 35.4 Å². The first-order valence-corrected chi connectivity index (χ1v) is 8.57. The molecule has 2 aliphatic heterocycles. The third-order valence-electron chi connectivity index (χ3n) is 4.88. The molecule has 128 valence electrons. The number of para-hydroxylation sites is 1. The highest BCUT2D eigenvalue weighted by Crippen LogP contribution is 2.41. The van der Waals surface area contributed by atoms with Gasteiger partial charge in [-0.25, -0.2) is 4.79 Å². The fourth-order valence-corrected chi connectivity index (χ4v) is 3.64. The standard InChI is InChI=1S/C18H21ClN2O3/c1-3-21-10-8-18(9-11-21)15(12(2)17(23)24-18)16(22)20-14-7-5-4-6-13(14)19/h4-7H,3,8-11H2,1-2H3,(H,20,22). The Hall–Kier alpha value is -1.85. The van der Waals surface area contributed by atoms with E-state index in [1.165, 1.54) is 0 Å². The minimum atomic E-state index is -0.807. The molecule has 5 nitrogen and oxygen atoms in total. The number of benzene rings is 1. The van der Waals surface area contributed by atoms with Crippen molar-refractivity contribution >= 4 is 29.2 Å². The fraction of sp³-hybridized carbons (Fsp3) is 0.444. The van der Waals surface area contributed by atoms with E-state index in [9.17, 15) is 9.59 Å². The molecule has 6 heteroatoms. The third kappa shape index (κ3) is 2.94. The molecule has 0 saturated carbocycles. The largest absolute Gasteiger partial charge is 0.450 e. The van der Waals surface area contributed by atoms with Gasteiger partial charge in [-0.1, -0.05) is 30.7 Å². The predicted octanol–water partition coefficient (Wildman–Crippen LogP) is 3.01. The lowest BCUT2D eigenvalue weighted by molar-refractivity contribution is -0.150. The Morgan fingerprint density at radius 2 is 2.00 bits per heavy atom. The number of ether oxygens (including phenoxy) is 1. The summed E-state index contributed by atoms with van der Waals surface area (Å²) < 4.78 is 5.66. The second-order valence-electron chi connectivity index (χ2n) is 6.25. The van der Waals surface area contributed by atoms with Gasteiger partial charge in [0.25, 0.3) is 5.91 Å². The van der Waals surface area contributed by atoms with E-state index in [0.717, 1.165) is 19.6 Å². The number of piperidine rings is 1. The molecule has 1 saturated heterocycles. The Morgan fingerprint density at radius 1 is 1.33 bits per heavy atom. The minimum absolute atomic E-state index is 0.309. The van der Waals surface area contributed by atoms with Crippen molar-refractivity contribution in [3.63, 3.8) is 0 Å². The number of rotatable bonds is 3. The number of esters is 1. The maximum Gasteiger partial charge on any atom is 0.335 e. The maximum atomic E-state index is 12.9. The Balaban J connectivity index is 1.87. The number of anilines is 1. The summed E-state index contributed by atoms with van der Waals surface area (Å²) in [6.07, 6.45) is 1.27. The zero-order valence-electron chi connectivity index (χ0n) is 13.9. The topological polar surface area (TPSA) is 58.6 Å². The van der Waals surface area contributed by atoms with Crippen LogP contribution < -0.4 is 5.32 Å². The molecule has 3 rings (SSSR count). The Kier molecular flexibility index (Phi) is 4.65. The van der Waals surface area contributed by atoms with Gasteiger partial charge in [-0.3, -0.25) is 4.79 Å². The molecule has 2 heterocycles. The number of carbonyl (C=O) groups excluding carboxylic acids is 2. The van der Waals surface area contributed by atoms with E-state index in [-0.39, 0.29) is 5.91 Å². The zero-order chi connectivity index (χ0) is 17.3. The molecule has 24 heavy (non-hydrogen) atoms. The van der Waals surface area contributed by atoms with E-state index in [4.69, 9.17) is 16.3 Å². The van der Waals surface area contributed by atoms with Crippen LogP contribution in [0.5, 0.6) is 0 Å². The van der Waals surface area contributed by atoms with Gasteiger partial charge in [0.1, 0.15) is 5.60 Å². The number of amides is 1. The lowest BCUT2D eigenvalue weighted by Gasteiger charge is -2.39. The predicted molar refractivity (Wildman–Crippen MR) is 93.0 cm³/mol. The van der Waals surface area contributed by atoms with E-state index in [1.807, 2.05) is 0 Å². The van der Waals surface area contributed by atoms with Crippen molar-refractivity contribution in [2.24, 2.45) is 0 Å². The van der Waals surface area contributed by atoms with Gasteiger partial charge in [-0.05, 0) is 25.6 Å². The van der Waals surface area contributed by atoms with Gasteiger partial charge < -0.3 is 15.0 Å². The molecular formula is C18H21ClN2O3. The SMILES string of the molecule is CCN1CCC2(CC1)OC(=O)C(C)=C2C(=O)Nc1ccccc1Cl. The monoisotopic (exact) mass is 348 g/mol. The van der Waals surface area contributed by atoms with Crippen molar-refractivity contribution in [2.45, 2.75) is 32.3 Å². The molecule has 1 spiro atoms. The first-order valence-electron chi connectivity index (χ1n) is 8.20. The molecule has 0 atom stereocenters. The van der Waals surface area contributed by atoms with Crippen LogP contribution in [0.1, 0.15) is 26.7 Å². The van der Waals surface area contributed by atoms with Crippen molar-refractivity contribution in [2.75, 3.05) is 25.0 Å². The van der Waals surface area contributed by atoms with E-state index >= 15 is 0 Å². The van der Waals surface area contributed by atoms with E-state index < -0.39 is 11.6 Å². The number of hydrogen-bond donors (Lipinski definition) is 1. The Bertz CT molecular complexity index is 706. The van der Waals surface area contributed by atoms with E-state index in [2.05, 4.69) is 17.1 Å². The summed E-state index contributed by atoms with van der Waals surface area (Å²) in [6, 6.07) is 7.05. The molecule has 1 aromatic rings. The number of carbonyl (C=O) groups is 2. The van der Waals surface area contributed by atoms with E-state index in [1.54, 1.807) is 31.2 Å². The van der Waals surface area contributed by atoms with Crippen LogP contribution in [0.4, 0.5) is 5.69 Å². The molecule has 0 aliphatic carbocycles. The highest BCUT2D eigenvalue weighted by atomic mass is 35.5. The summed E-state index contributed by atoms with van der Waals surface area (Å²) in [7, 11) is 0. The summed E-state index contributed by atoms with van der Waals surface area (Å²) in [5.41, 5.74) is 0.565. The molecule has 1 N–H and O–H groups in total. The summed E-state index contributed by atoms with van der Waals surface area (Å²) in [5.74, 6) is -0.708. The first-order chi connectivity index (χ1) is 11.5. The van der Waals surface area contributed by atoms with Crippen LogP contribution in [-0.4, -0.2) is 42.0 Å². The van der Waals surface area contributed by atoms with Crippen molar-refractivity contribution < 1.29 is 14.3 Å². The molecule has 1 amide bonds. The lowest BCUT2D eigenvalue weighted by Crippen LogP contribution is -2.47. The quantitative estimate of drug-likeness (QED) is 0.853. The molecule has 0 aromatic heterocycles. The molecule has 1 fully saturated rings. The zero-order valence-corrected chi connectivity index (χ0v) is 14.7. The normalized spacial score (nSPS) is 20.4. The van der Waals surface area contributed by atoms with Crippen LogP contribution in [0, 0.1) is 0 Å². The first kappa shape index (κ1) is 17.0. The van der Waals surface area contributed by atoms with Crippen molar-refractivity contribution in [1.29, 1.82) is 0 Å². The Labute approximate surface area is 146 Å². The van der Waals surface area contributed by atoms with Crippen LogP contribution in [-0.2, 0) is 14.3 Å². The van der Waals surface area contributed by atoms with Gasteiger partial charge in [0.15, 0.2) is 0 Å². The summed E-state index contributed by atoms with van der Waals surface area (Å²) >= 11 is 6.12. The molecular weight excluding hydrogens is 328 g/mol. The molecule has 0 radical (unpaired) electrons. The molecule has 0 unspecified atom stereocenters. The maximum absolute atomic E-state index is 12.9. The summed E-state index contributed by atoms with van der Waals surface area (Å²) in [6.45, 7) is 6.32. The van der Waals surface area contributed by atoms with Gasteiger partial charge in [0.2, 0.25) is 0 Å². The van der Waals surface area contributed by atoms with E-state index in [0.29, 0.717) is 34.7 Å².